The summed E-state index contributed by atoms with van der Waals surface area (Å²) < 4.78 is 11.7. The van der Waals surface area contributed by atoms with E-state index in [-0.39, 0.29) is 6.04 Å². The largest absolute Gasteiger partial charge is 0.486 e. The molecular weight excluding hydrogens is 266 g/mol. The van der Waals surface area contributed by atoms with Gasteiger partial charge in [0.05, 0.1) is 18.3 Å². The van der Waals surface area contributed by atoms with Crippen molar-refractivity contribution in [3.05, 3.63) is 11.5 Å². The number of hydrogen-bond acceptors (Lipinski definition) is 5. The summed E-state index contributed by atoms with van der Waals surface area (Å²) in [6.45, 7) is 11.8. The van der Waals surface area contributed by atoms with Crippen molar-refractivity contribution in [2.24, 2.45) is 0 Å². The molecule has 3 heterocycles. The minimum Gasteiger partial charge on any atom is -0.486 e. The van der Waals surface area contributed by atoms with Crippen LogP contribution < -0.4 is 9.64 Å². The number of ether oxygens (including phenoxy) is 2. The van der Waals surface area contributed by atoms with E-state index in [0.717, 1.165) is 49.3 Å². The zero-order valence-electron chi connectivity index (χ0n) is 13.4. The Morgan fingerprint density at radius 1 is 1.10 bits per heavy atom. The van der Waals surface area contributed by atoms with Gasteiger partial charge in [0, 0.05) is 19.1 Å². The van der Waals surface area contributed by atoms with Gasteiger partial charge in [-0.15, -0.1) is 0 Å². The van der Waals surface area contributed by atoms with Gasteiger partial charge in [-0.25, -0.2) is 9.97 Å². The second-order valence-corrected chi connectivity index (χ2v) is 6.52. The maximum absolute atomic E-state index is 6.03. The number of aromatic nitrogens is 2. The monoisotopic (exact) mass is 291 g/mol. The van der Waals surface area contributed by atoms with Crippen LogP contribution in [0.25, 0.3) is 0 Å². The summed E-state index contributed by atoms with van der Waals surface area (Å²) in [4.78, 5) is 11.9. The molecule has 3 rings (SSSR count). The van der Waals surface area contributed by atoms with Crippen LogP contribution in [-0.4, -0.2) is 42.4 Å². The smallest absolute Gasteiger partial charge is 0.183 e. The van der Waals surface area contributed by atoms with Crippen molar-refractivity contribution in [1.82, 2.24) is 9.97 Å². The molecule has 0 bridgehead atoms. The molecule has 1 atom stereocenters. The maximum atomic E-state index is 6.03. The SMILES string of the molecule is CC(C)c1nc(C(C)C)c2c(n1)N1CCCOCC1CO2. The summed E-state index contributed by atoms with van der Waals surface area (Å²) in [6, 6.07) is 0.273. The number of rotatable bonds is 2. The van der Waals surface area contributed by atoms with Crippen molar-refractivity contribution in [2.45, 2.75) is 52.0 Å². The second kappa shape index (κ2) is 5.79. The van der Waals surface area contributed by atoms with Crippen molar-refractivity contribution in [3.63, 3.8) is 0 Å². The standard InChI is InChI=1S/C16H25N3O2/c1-10(2)13-14-16(18-15(17-13)11(3)4)19-6-5-7-20-8-12(19)9-21-14/h10-12H,5-9H2,1-4H3. The van der Waals surface area contributed by atoms with Crippen LogP contribution in [0.2, 0.25) is 0 Å². The van der Waals surface area contributed by atoms with E-state index in [1.165, 1.54) is 0 Å². The molecular formula is C16H25N3O2. The number of anilines is 1. The first-order chi connectivity index (χ1) is 10.1. The highest BCUT2D eigenvalue weighted by Gasteiger charge is 2.33. The van der Waals surface area contributed by atoms with Crippen LogP contribution in [0, 0.1) is 0 Å². The van der Waals surface area contributed by atoms with Crippen LogP contribution in [0.15, 0.2) is 0 Å². The summed E-state index contributed by atoms with van der Waals surface area (Å²) in [7, 11) is 0. The van der Waals surface area contributed by atoms with E-state index in [1.54, 1.807) is 0 Å². The second-order valence-electron chi connectivity index (χ2n) is 6.52. The van der Waals surface area contributed by atoms with Gasteiger partial charge >= 0.3 is 0 Å². The lowest BCUT2D eigenvalue weighted by Crippen LogP contribution is -2.46. The molecule has 2 aliphatic rings. The lowest BCUT2D eigenvalue weighted by molar-refractivity contribution is 0.114. The normalized spacial score (nSPS) is 21.8. The Kier molecular flexibility index (Phi) is 4.02. The Morgan fingerprint density at radius 2 is 1.90 bits per heavy atom. The van der Waals surface area contributed by atoms with Crippen LogP contribution in [-0.2, 0) is 4.74 Å². The minimum atomic E-state index is 0.273. The fourth-order valence-electron chi connectivity index (χ4n) is 2.88. The van der Waals surface area contributed by atoms with E-state index in [4.69, 9.17) is 19.4 Å². The van der Waals surface area contributed by atoms with E-state index >= 15 is 0 Å². The molecule has 5 nitrogen and oxygen atoms in total. The molecule has 5 heteroatoms. The zero-order valence-corrected chi connectivity index (χ0v) is 13.4. The fraction of sp³-hybridized carbons (Fsp3) is 0.750. The first kappa shape index (κ1) is 14.6. The van der Waals surface area contributed by atoms with Gasteiger partial charge in [0.25, 0.3) is 0 Å². The molecule has 1 fully saturated rings. The summed E-state index contributed by atoms with van der Waals surface area (Å²) in [5, 5.41) is 0. The molecule has 0 amide bonds. The van der Waals surface area contributed by atoms with Gasteiger partial charge in [-0.05, 0) is 12.3 Å². The van der Waals surface area contributed by atoms with Crippen LogP contribution in [0.1, 0.15) is 57.5 Å². The summed E-state index contributed by atoms with van der Waals surface area (Å²) in [6.07, 6.45) is 1.04. The Labute approximate surface area is 126 Å². The van der Waals surface area contributed by atoms with Crippen LogP contribution in [0.3, 0.4) is 0 Å². The first-order valence-electron chi connectivity index (χ1n) is 7.97. The highest BCUT2D eigenvalue weighted by Crippen LogP contribution is 2.39. The number of nitrogens with zero attached hydrogens (tertiary/aromatic N) is 3. The summed E-state index contributed by atoms with van der Waals surface area (Å²) in [5.41, 5.74) is 1.03. The van der Waals surface area contributed by atoms with Gasteiger partial charge in [-0.3, -0.25) is 0 Å². The quantitative estimate of drug-likeness (QED) is 0.838. The van der Waals surface area contributed by atoms with Gasteiger partial charge in [0.15, 0.2) is 11.6 Å². The van der Waals surface area contributed by atoms with Gasteiger partial charge in [0.2, 0.25) is 0 Å². The predicted molar refractivity (Wildman–Crippen MR) is 82.3 cm³/mol. The van der Waals surface area contributed by atoms with E-state index in [1.807, 2.05) is 0 Å². The molecule has 0 spiro atoms. The zero-order chi connectivity index (χ0) is 15.0. The van der Waals surface area contributed by atoms with Crippen molar-refractivity contribution in [3.8, 4) is 5.75 Å². The average Bonchev–Trinajstić information content (AvgIpc) is 2.70. The van der Waals surface area contributed by atoms with Crippen molar-refractivity contribution < 1.29 is 9.47 Å². The highest BCUT2D eigenvalue weighted by atomic mass is 16.5. The third-order valence-corrected chi connectivity index (χ3v) is 4.09. The van der Waals surface area contributed by atoms with Crippen LogP contribution >= 0.6 is 0 Å². The molecule has 0 aromatic carbocycles. The lowest BCUT2D eigenvalue weighted by atomic mass is 10.1. The van der Waals surface area contributed by atoms with Gasteiger partial charge < -0.3 is 14.4 Å². The average molecular weight is 291 g/mol. The van der Waals surface area contributed by atoms with Gasteiger partial charge in [-0.1, -0.05) is 27.7 Å². The molecule has 1 saturated heterocycles. The molecule has 2 aliphatic heterocycles. The molecule has 1 aromatic heterocycles. The molecule has 0 N–H and O–H groups in total. The molecule has 0 saturated carbocycles. The number of fused-ring (bicyclic) bond motifs is 3. The van der Waals surface area contributed by atoms with E-state index in [9.17, 15) is 0 Å². The van der Waals surface area contributed by atoms with E-state index < -0.39 is 0 Å². The van der Waals surface area contributed by atoms with Crippen molar-refractivity contribution >= 4 is 5.82 Å². The van der Waals surface area contributed by atoms with Crippen molar-refractivity contribution in [1.29, 1.82) is 0 Å². The van der Waals surface area contributed by atoms with Crippen LogP contribution in [0.5, 0.6) is 5.75 Å². The Bertz CT molecular complexity index is 516. The minimum absolute atomic E-state index is 0.273. The van der Waals surface area contributed by atoms with Gasteiger partial charge in [0.1, 0.15) is 12.4 Å². The third-order valence-electron chi connectivity index (χ3n) is 4.09. The summed E-state index contributed by atoms with van der Waals surface area (Å²) >= 11 is 0. The molecule has 21 heavy (non-hydrogen) atoms. The number of hydrogen-bond donors (Lipinski definition) is 0. The first-order valence-corrected chi connectivity index (χ1v) is 7.97. The van der Waals surface area contributed by atoms with Crippen LogP contribution in [0.4, 0.5) is 5.82 Å². The molecule has 1 aromatic rings. The van der Waals surface area contributed by atoms with Gasteiger partial charge in [-0.2, -0.15) is 0 Å². The fourth-order valence-corrected chi connectivity index (χ4v) is 2.88. The van der Waals surface area contributed by atoms with E-state index in [2.05, 4.69) is 32.6 Å². The van der Waals surface area contributed by atoms with E-state index in [0.29, 0.717) is 18.4 Å². The molecule has 0 aliphatic carbocycles. The molecule has 1 unspecified atom stereocenters. The Balaban J connectivity index is 2.09. The molecule has 0 radical (unpaired) electrons. The van der Waals surface area contributed by atoms with Crippen molar-refractivity contribution in [2.75, 3.05) is 31.3 Å². The predicted octanol–water partition coefficient (Wildman–Crippen LogP) is 2.71. The highest BCUT2D eigenvalue weighted by molar-refractivity contribution is 5.58. The maximum Gasteiger partial charge on any atom is 0.183 e. The Morgan fingerprint density at radius 3 is 2.62 bits per heavy atom. The topological polar surface area (TPSA) is 47.5 Å². The third kappa shape index (κ3) is 2.71. The lowest BCUT2D eigenvalue weighted by Gasteiger charge is -2.37. The summed E-state index contributed by atoms with van der Waals surface area (Å²) in [5.74, 6) is 3.41. The molecule has 116 valence electrons. The Hall–Kier alpha value is -1.36.